The van der Waals surface area contributed by atoms with Gasteiger partial charge < -0.3 is 9.47 Å². The van der Waals surface area contributed by atoms with Crippen LogP contribution in [0, 0.1) is 5.92 Å². The number of esters is 1. The van der Waals surface area contributed by atoms with Gasteiger partial charge in [0.15, 0.2) is 0 Å². The molecule has 0 spiro atoms. The Labute approximate surface area is 77.7 Å². The number of carbonyl (C=O) groups is 1. The van der Waals surface area contributed by atoms with Gasteiger partial charge in [0.1, 0.15) is 12.7 Å². The summed E-state index contributed by atoms with van der Waals surface area (Å²) in [5, 5.41) is 0. The van der Waals surface area contributed by atoms with Gasteiger partial charge in [-0.1, -0.05) is 12.2 Å². The number of epoxide rings is 1. The van der Waals surface area contributed by atoms with Crippen molar-refractivity contribution in [2.45, 2.75) is 25.4 Å². The third-order valence-electron chi connectivity index (χ3n) is 2.37. The van der Waals surface area contributed by atoms with E-state index in [0.29, 0.717) is 6.61 Å². The molecule has 72 valence electrons. The summed E-state index contributed by atoms with van der Waals surface area (Å²) < 4.78 is 10.0. The van der Waals surface area contributed by atoms with E-state index in [2.05, 4.69) is 6.08 Å². The summed E-state index contributed by atoms with van der Waals surface area (Å²) in [6.45, 7) is 1.18. The highest BCUT2D eigenvalue weighted by Crippen LogP contribution is 2.19. The van der Waals surface area contributed by atoms with Crippen molar-refractivity contribution in [1.29, 1.82) is 0 Å². The first-order valence-electron chi connectivity index (χ1n) is 4.81. The molecule has 3 heteroatoms. The Balaban J connectivity index is 1.74. The average molecular weight is 182 g/mol. The van der Waals surface area contributed by atoms with E-state index in [1.165, 1.54) is 0 Å². The summed E-state index contributed by atoms with van der Waals surface area (Å²) in [6, 6.07) is 0. The lowest BCUT2D eigenvalue weighted by molar-refractivity contribution is -0.147. The van der Waals surface area contributed by atoms with Crippen LogP contribution in [0.25, 0.3) is 0 Å². The Hall–Kier alpha value is -0.830. The topological polar surface area (TPSA) is 38.8 Å². The summed E-state index contributed by atoms with van der Waals surface area (Å²) in [5.74, 6) is -0.0982. The summed E-state index contributed by atoms with van der Waals surface area (Å²) in [5.41, 5.74) is 0. The predicted molar refractivity (Wildman–Crippen MR) is 47.2 cm³/mol. The Morgan fingerprint density at radius 3 is 3.08 bits per heavy atom. The lowest BCUT2D eigenvalue weighted by Gasteiger charge is -2.14. The van der Waals surface area contributed by atoms with Crippen LogP contribution in [0.1, 0.15) is 19.3 Å². The van der Waals surface area contributed by atoms with Crippen LogP contribution in [0.4, 0.5) is 0 Å². The maximum Gasteiger partial charge on any atom is 0.312 e. The van der Waals surface area contributed by atoms with Gasteiger partial charge in [-0.05, 0) is 19.3 Å². The molecule has 0 radical (unpaired) electrons. The second-order valence-electron chi connectivity index (χ2n) is 3.55. The molecule has 2 aliphatic rings. The zero-order valence-corrected chi connectivity index (χ0v) is 7.57. The van der Waals surface area contributed by atoms with E-state index in [9.17, 15) is 4.79 Å². The second kappa shape index (κ2) is 3.92. The molecule has 1 aliphatic carbocycles. The standard InChI is InChI=1S/C10H14O3/c11-10(13-7-9-6-12-9)8-4-2-1-3-5-8/h2,4,8-9H,1,3,5-7H2. The Morgan fingerprint density at radius 1 is 1.62 bits per heavy atom. The van der Waals surface area contributed by atoms with Crippen LogP contribution in [-0.4, -0.2) is 25.3 Å². The van der Waals surface area contributed by atoms with Crippen LogP contribution in [0.15, 0.2) is 12.2 Å². The van der Waals surface area contributed by atoms with Crippen molar-refractivity contribution in [3.05, 3.63) is 12.2 Å². The normalized spacial score (nSPS) is 31.4. The molecule has 0 aromatic rings. The molecule has 1 fully saturated rings. The van der Waals surface area contributed by atoms with Gasteiger partial charge in [0.2, 0.25) is 0 Å². The Bertz CT molecular complexity index is 218. The molecule has 0 aromatic carbocycles. The molecule has 2 unspecified atom stereocenters. The fourth-order valence-electron chi connectivity index (χ4n) is 1.46. The summed E-state index contributed by atoms with van der Waals surface area (Å²) in [6.07, 6.45) is 7.31. The zero-order chi connectivity index (χ0) is 9.10. The molecule has 0 N–H and O–H groups in total. The maximum atomic E-state index is 11.4. The first-order chi connectivity index (χ1) is 6.36. The van der Waals surface area contributed by atoms with Gasteiger partial charge in [0.25, 0.3) is 0 Å². The third-order valence-corrected chi connectivity index (χ3v) is 2.37. The molecular weight excluding hydrogens is 168 g/mol. The molecule has 1 aliphatic heterocycles. The average Bonchev–Trinajstić information content (AvgIpc) is 2.99. The van der Waals surface area contributed by atoms with Crippen LogP contribution in [0.2, 0.25) is 0 Å². The van der Waals surface area contributed by atoms with E-state index in [4.69, 9.17) is 9.47 Å². The highest BCUT2D eigenvalue weighted by molar-refractivity contribution is 5.74. The fourth-order valence-corrected chi connectivity index (χ4v) is 1.46. The van der Waals surface area contributed by atoms with Gasteiger partial charge in [0.05, 0.1) is 12.5 Å². The minimum absolute atomic E-state index is 0.00694. The number of ether oxygens (including phenoxy) is 2. The van der Waals surface area contributed by atoms with Crippen LogP contribution >= 0.6 is 0 Å². The molecule has 0 saturated carbocycles. The Morgan fingerprint density at radius 2 is 2.46 bits per heavy atom. The number of rotatable bonds is 3. The van der Waals surface area contributed by atoms with Gasteiger partial charge in [-0.25, -0.2) is 0 Å². The van der Waals surface area contributed by atoms with Crippen molar-refractivity contribution in [2.75, 3.05) is 13.2 Å². The van der Waals surface area contributed by atoms with Gasteiger partial charge >= 0.3 is 5.97 Å². The molecule has 0 amide bonds. The maximum absolute atomic E-state index is 11.4. The molecule has 1 saturated heterocycles. The summed E-state index contributed by atoms with van der Waals surface area (Å²) >= 11 is 0. The van der Waals surface area contributed by atoms with E-state index < -0.39 is 0 Å². The lowest BCUT2D eigenvalue weighted by Crippen LogP contribution is -2.19. The smallest absolute Gasteiger partial charge is 0.312 e. The SMILES string of the molecule is O=C(OCC1CO1)C1C=CCCC1. The minimum Gasteiger partial charge on any atom is -0.462 e. The van der Waals surface area contributed by atoms with Gasteiger partial charge in [-0.15, -0.1) is 0 Å². The van der Waals surface area contributed by atoms with Crippen molar-refractivity contribution in [3.8, 4) is 0 Å². The van der Waals surface area contributed by atoms with Crippen LogP contribution < -0.4 is 0 Å². The highest BCUT2D eigenvalue weighted by atomic mass is 16.6. The number of carbonyl (C=O) groups excluding carboxylic acids is 1. The van der Waals surface area contributed by atoms with Crippen molar-refractivity contribution >= 4 is 5.97 Å². The lowest BCUT2D eigenvalue weighted by atomic mass is 9.96. The first-order valence-corrected chi connectivity index (χ1v) is 4.81. The van der Waals surface area contributed by atoms with E-state index in [1.807, 2.05) is 6.08 Å². The van der Waals surface area contributed by atoms with E-state index in [0.717, 1.165) is 25.9 Å². The van der Waals surface area contributed by atoms with Crippen LogP contribution in [0.3, 0.4) is 0 Å². The van der Waals surface area contributed by atoms with Crippen LogP contribution in [-0.2, 0) is 14.3 Å². The second-order valence-corrected chi connectivity index (χ2v) is 3.55. The molecule has 13 heavy (non-hydrogen) atoms. The third kappa shape index (κ3) is 2.56. The van der Waals surface area contributed by atoms with Gasteiger partial charge in [-0.2, -0.15) is 0 Å². The fraction of sp³-hybridized carbons (Fsp3) is 0.700. The molecular formula is C10H14O3. The molecule has 0 aromatic heterocycles. The molecule has 1 heterocycles. The quantitative estimate of drug-likeness (QED) is 0.375. The number of hydrogen-bond acceptors (Lipinski definition) is 3. The van der Waals surface area contributed by atoms with E-state index in [1.54, 1.807) is 0 Å². The highest BCUT2D eigenvalue weighted by Gasteiger charge is 2.26. The first kappa shape index (κ1) is 8.75. The zero-order valence-electron chi connectivity index (χ0n) is 7.57. The molecule has 3 nitrogen and oxygen atoms in total. The Kier molecular flexibility index (Phi) is 2.64. The largest absolute Gasteiger partial charge is 0.462 e. The predicted octanol–water partition coefficient (Wildman–Crippen LogP) is 1.28. The number of allylic oxidation sites excluding steroid dienone is 1. The summed E-state index contributed by atoms with van der Waals surface area (Å²) in [4.78, 5) is 11.4. The molecule has 2 rings (SSSR count). The van der Waals surface area contributed by atoms with Crippen molar-refractivity contribution in [1.82, 2.24) is 0 Å². The van der Waals surface area contributed by atoms with Gasteiger partial charge in [-0.3, -0.25) is 4.79 Å². The molecule has 2 atom stereocenters. The van der Waals surface area contributed by atoms with Crippen molar-refractivity contribution < 1.29 is 14.3 Å². The van der Waals surface area contributed by atoms with E-state index in [-0.39, 0.29) is 18.0 Å². The summed E-state index contributed by atoms with van der Waals surface area (Å²) in [7, 11) is 0. The van der Waals surface area contributed by atoms with Crippen molar-refractivity contribution in [3.63, 3.8) is 0 Å². The number of hydrogen-bond donors (Lipinski definition) is 0. The van der Waals surface area contributed by atoms with Gasteiger partial charge in [0, 0.05) is 0 Å². The van der Waals surface area contributed by atoms with E-state index >= 15 is 0 Å². The molecule has 0 bridgehead atoms. The monoisotopic (exact) mass is 182 g/mol. The van der Waals surface area contributed by atoms with Crippen LogP contribution in [0.5, 0.6) is 0 Å². The minimum atomic E-state index is -0.0912. The van der Waals surface area contributed by atoms with Crippen molar-refractivity contribution in [2.24, 2.45) is 5.92 Å².